The van der Waals surface area contributed by atoms with Crippen molar-refractivity contribution in [1.82, 2.24) is 9.80 Å². The number of fused-ring (bicyclic) bond motifs is 1. The minimum atomic E-state index is -0.761. The van der Waals surface area contributed by atoms with Gasteiger partial charge in [-0.05, 0) is 67.9 Å². The number of benzene rings is 2. The van der Waals surface area contributed by atoms with Crippen molar-refractivity contribution < 1.29 is 28.9 Å². The van der Waals surface area contributed by atoms with Crippen LogP contribution in [0, 0.1) is 0 Å². The first-order valence-corrected chi connectivity index (χ1v) is 13.9. The van der Waals surface area contributed by atoms with Crippen molar-refractivity contribution >= 4 is 17.4 Å². The van der Waals surface area contributed by atoms with E-state index in [2.05, 4.69) is 25.7 Å². The molecule has 2 aromatic rings. The Balaban J connectivity index is 1.78. The highest BCUT2D eigenvalue weighted by Crippen LogP contribution is 2.42. The molecule has 1 N–H and O–H groups in total. The number of Topliss-reactive ketones (excluding diaryl/α,β-unsaturated/α-hetero) is 1. The van der Waals surface area contributed by atoms with Crippen molar-refractivity contribution in [3.8, 4) is 17.2 Å². The molecule has 1 amide bonds. The lowest BCUT2D eigenvalue weighted by Crippen LogP contribution is -2.38. The number of hydrogen-bond donors (Lipinski definition) is 1. The third-order valence-electron chi connectivity index (χ3n) is 7.52. The van der Waals surface area contributed by atoms with E-state index in [1.165, 1.54) is 0 Å². The second kappa shape index (κ2) is 12.6. The van der Waals surface area contributed by atoms with E-state index in [4.69, 9.17) is 14.2 Å². The van der Waals surface area contributed by atoms with Gasteiger partial charge in [0, 0.05) is 25.1 Å². The maximum Gasteiger partial charge on any atom is 0.295 e. The van der Waals surface area contributed by atoms with Crippen LogP contribution in [-0.4, -0.2) is 72.6 Å². The van der Waals surface area contributed by atoms with Gasteiger partial charge in [-0.2, -0.15) is 0 Å². The Labute approximate surface area is 231 Å². The standard InChI is InChI=1S/C31H40N2O6/c1-6-9-16-38-25-13-10-21(19-26(25)37-5)28-27(30(35)31(36)33(28)15-14-32(7-2)8-3)29(34)22-11-12-24-23(18-22)17-20(4)39-24/h10-13,18-20,28,34H,6-9,14-17H2,1-5H3/t20-,28-/m1/s1. The highest BCUT2D eigenvalue weighted by molar-refractivity contribution is 6.46. The summed E-state index contributed by atoms with van der Waals surface area (Å²) in [5, 5.41) is 11.5. The van der Waals surface area contributed by atoms with E-state index in [0.29, 0.717) is 42.3 Å². The van der Waals surface area contributed by atoms with E-state index in [1.54, 1.807) is 24.1 Å². The monoisotopic (exact) mass is 536 g/mol. The van der Waals surface area contributed by atoms with E-state index in [-0.39, 0.29) is 17.4 Å². The van der Waals surface area contributed by atoms with Crippen molar-refractivity contribution in [1.29, 1.82) is 0 Å². The number of hydrogen-bond acceptors (Lipinski definition) is 7. The van der Waals surface area contributed by atoms with E-state index >= 15 is 0 Å². The van der Waals surface area contributed by atoms with E-state index in [9.17, 15) is 14.7 Å². The molecule has 8 heteroatoms. The Morgan fingerprint density at radius 3 is 2.56 bits per heavy atom. The summed E-state index contributed by atoms with van der Waals surface area (Å²) in [5.41, 5.74) is 2.21. The molecule has 4 rings (SSSR count). The molecule has 39 heavy (non-hydrogen) atoms. The van der Waals surface area contributed by atoms with E-state index < -0.39 is 17.7 Å². The maximum absolute atomic E-state index is 13.5. The number of carbonyl (C=O) groups excluding carboxylic acids is 2. The van der Waals surface area contributed by atoms with Crippen LogP contribution in [0.25, 0.3) is 5.76 Å². The van der Waals surface area contributed by atoms with Crippen molar-refractivity contribution in [2.75, 3.05) is 39.9 Å². The highest BCUT2D eigenvalue weighted by atomic mass is 16.5. The number of rotatable bonds is 12. The number of carbonyl (C=O) groups is 2. The molecule has 0 radical (unpaired) electrons. The lowest BCUT2D eigenvalue weighted by molar-refractivity contribution is -0.140. The number of aliphatic hydroxyl groups is 1. The number of likely N-dealkylation sites (tertiary alicyclic amines) is 1. The summed E-state index contributed by atoms with van der Waals surface area (Å²) in [5.74, 6) is 0.398. The summed E-state index contributed by atoms with van der Waals surface area (Å²) in [4.78, 5) is 30.6. The van der Waals surface area contributed by atoms with Gasteiger partial charge in [0.05, 0.1) is 25.3 Å². The molecule has 0 aromatic heterocycles. The van der Waals surface area contributed by atoms with Crippen molar-refractivity contribution in [2.24, 2.45) is 0 Å². The van der Waals surface area contributed by atoms with Gasteiger partial charge in [-0.15, -0.1) is 0 Å². The number of aliphatic hydroxyl groups excluding tert-OH is 1. The summed E-state index contributed by atoms with van der Waals surface area (Å²) in [6.07, 6.45) is 2.69. The summed E-state index contributed by atoms with van der Waals surface area (Å²) < 4.78 is 17.3. The van der Waals surface area contributed by atoms with Crippen LogP contribution in [0.5, 0.6) is 17.2 Å². The lowest BCUT2D eigenvalue weighted by atomic mass is 9.94. The average Bonchev–Trinajstić information content (AvgIpc) is 3.44. The number of nitrogens with zero attached hydrogens (tertiary/aromatic N) is 2. The molecular weight excluding hydrogens is 496 g/mol. The maximum atomic E-state index is 13.5. The zero-order valence-electron chi connectivity index (χ0n) is 23.7. The molecule has 8 nitrogen and oxygen atoms in total. The fourth-order valence-electron chi connectivity index (χ4n) is 5.27. The highest BCUT2D eigenvalue weighted by Gasteiger charge is 2.46. The Morgan fingerprint density at radius 1 is 1.10 bits per heavy atom. The first kappa shape index (κ1) is 28.5. The van der Waals surface area contributed by atoms with Gasteiger partial charge in [-0.25, -0.2) is 0 Å². The van der Waals surface area contributed by atoms with Crippen LogP contribution in [0.1, 0.15) is 63.3 Å². The van der Waals surface area contributed by atoms with Crippen molar-refractivity contribution in [3.63, 3.8) is 0 Å². The lowest BCUT2D eigenvalue weighted by Gasteiger charge is -2.28. The summed E-state index contributed by atoms with van der Waals surface area (Å²) in [6.45, 7) is 11.4. The molecule has 0 unspecified atom stereocenters. The Morgan fingerprint density at radius 2 is 1.87 bits per heavy atom. The molecule has 0 saturated carbocycles. The molecule has 2 aromatic carbocycles. The molecular formula is C31H40N2O6. The van der Waals surface area contributed by atoms with Gasteiger partial charge in [0.2, 0.25) is 0 Å². The van der Waals surface area contributed by atoms with Gasteiger partial charge >= 0.3 is 0 Å². The topological polar surface area (TPSA) is 88.5 Å². The number of unbranched alkanes of at least 4 members (excludes halogenated alkanes) is 1. The van der Waals surface area contributed by atoms with Gasteiger partial charge in [-0.1, -0.05) is 33.3 Å². The van der Waals surface area contributed by atoms with Gasteiger partial charge in [0.1, 0.15) is 17.6 Å². The number of likely N-dealkylation sites (N-methyl/N-ethyl adjacent to an activating group) is 1. The molecule has 0 spiro atoms. The molecule has 1 saturated heterocycles. The number of methoxy groups -OCH3 is 1. The van der Waals surface area contributed by atoms with Crippen molar-refractivity contribution in [3.05, 3.63) is 58.7 Å². The minimum absolute atomic E-state index is 0.0496. The Bertz CT molecular complexity index is 1240. The fraction of sp³-hybridized carbons (Fsp3) is 0.484. The largest absolute Gasteiger partial charge is 0.507 e. The summed E-state index contributed by atoms with van der Waals surface area (Å²) in [7, 11) is 1.57. The second-order valence-corrected chi connectivity index (χ2v) is 10.1. The predicted molar refractivity (Wildman–Crippen MR) is 150 cm³/mol. The second-order valence-electron chi connectivity index (χ2n) is 10.1. The summed E-state index contributed by atoms with van der Waals surface area (Å²) in [6, 6.07) is 10.1. The number of ether oxygens (including phenoxy) is 3. The van der Waals surface area contributed by atoms with Crippen LogP contribution in [0.4, 0.5) is 0 Å². The average molecular weight is 537 g/mol. The smallest absolute Gasteiger partial charge is 0.295 e. The van der Waals surface area contributed by atoms with Crippen LogP contribution in [0.15, 0.2) is 42.0 Å². The van der Waals surface area contributed by atoms with E-state index in [0.717, 1.165) is 43.7 Å². The molecule has 0 bridgehead atoms. The molecule has 2 aliphatic heterocycles. The van der Waals surface area contributed by atoms with Crippen molar-refractivity contribution in [2.45, 2.75) is 59.1 Å². The van der Waals surface area contributed by atoms with Crippen LogP contribution < -0.4 is 14.2 Å². The van der Waals surface area contributed by atoms with Gasteiger partial charge in [0.15, 0.2) is 11.5 Å². The quantitative estimate of drug-likeness (QED) is 0.178. The van der Waals surface area contributed by atoms with Crippen LogP contribution in [0.2, 0.25) is 0 Å². The summed E-state index contributed by atoms with van der Waals surface area (Å²) >= 11 is 0. The van der Waals surface area contributed by atoms with Gasteiger partial charge < -0.3 is 29.1 Å². The predicted octanol–water partition coefficient (Wildman–Crippen LogP) is 4.96. The first-order chi connectivity index (χ1) is 18.8. The molecule has 210 valence electrons. The van der Waals surface area contributed by atoms with Crippen LogP contribution in [0.3, 0.4) is 0 Å². The van der Waals surface area contributed by atoms with Crippen LogP contribution >= 0.6 is 0 Å². The normalized spacial score (nSPS) is 19.9. The van der Waals surface area contributed by atoms with Gasteiger partial charge in [0.25, 0.3) is 11.7 Å². The zero-order chi connectivity index (χ0) is 28.1. The molecule has 2 atom stereocenters. The number of ketones is 1. The molecule has 0 aliphatic carbocycles. The Hall–Kier alpha value is -3.52. The van der Waals surface area contributed by atoms with Crippen LogP contribution in [-0.2, 0) is 16.0 Å². The fourth-order valence-corrected chi connectivity index (χ4v) is 5.27. The molecule has 1 fully saturated rings. The molecule has 2 aliphatic rings. The first-order valence-electron chi connectivity index (χ1n) is 13.9. The SMILES string of the molecule is CCCCOc1ccc([C@@H]2C(=C(O)c3ccc4c(c3)C[C@@H](C)O4)C(=O)C(=O)N2CCN(CC)CC)cc1OC. The third-order valence-corrected chi connectivity index (χ3v) is 7.52. The Kier molecular flexibility index (Phi) is 9.17. The van der Waals surface area contributed by atoms with Gasteiger partial charge in [-0.3, -0.25) is 9.59 Å². The number of amides is 1. The third kappa shape index (κ3) is 5.91. The molecule has 2 heterocycles. The van der Waals surface area contributed by atoms with E-state index in [1.807, 2.05) is 31.2 Å². The minimum Gasteiger partial charge on any atom is -0.507 e. The zero-order valence-corrected chi connectivity index (χ0v) is 23.7.